The molecule has 1 atom stereocenters. The third-order valence-electron chi connectivity index (χ3n) is 4.61. The lowest BCUT2D eigenvalue weighted by Gasteiger charge is -2.13. The fourth-order valence-electron chi connectivity index (χ4n) is 3.15. The second kappa shape index (κ2) is 8.44. The molecule has 164 valence electrons. The molecule has 11 heteroatoms. The Balaban J connectivity index is 1.83. The largest absolute Gasteiger partial charge is 0.412 e. The second-order valence-electron chi connectivity index (χ2n) is 6.79. The van der Waals surface area contributed by atoms with Gasteiger partial charge < -0.3 is 10.2 Å². The second-order valence-corrected chi connectivity index (χ2v) is 9.53. The van der Waals surface area contributed by atoms with Crippen molar-refractivity contribution >= 4 is 61.4 Å². The summed E-state index contributed by atoms with van der Waals surface area (Å²) in [4.78, 5) is 27.5. The molecule has 8 nitrogen and oxygen atoms in total. The highest BCUT2D eigenvalue weighted by atomic mass is 35.5. The Morgan fingerprint density at radius 2 is 1.84 bits per heavy atom. The van der Waals surface area contributed by atoms with Crippen molar-refractivity contribution in [1.82, 2.24) is 14.7 Å². The molecular weight excluding hydrogens is 473 g/mol. The average Bonchev–Trinajstić information content (AvgIpc) is 2.74. The Bertz CT molecular complexity index is 1500. The lowest BCUT2D eigenvalue weighted by atomic mass is 10.1. The summed E-state index contributed by atoms with van der Waals surface area (Å²) >= 11 is 12.6. The van der Waals surface area contributed by atoms with Crippen LogP contribution in [0.3, 0.4) is 0 Å². The number of aromatic nitrogens is 3. The number of nitrogens with zero attached hydrogens (tertiary/aromatic N) is 3. The molecule has 0 saturated heterocycles. The van der Waals surface area contributed by atoms with E-state index in [2.05, 4.69) is 21.2 Å². The quantitative estimate of drug-likeness (QED) is 0.414. The number of benzene rings is 2. The highest BCUT2D eigenvalue weighted by molar-refractivity contribution is 7.98. The molecule has 0 fully saturated rings. The zero-order valence-electron chi connectivity index (χ0n) is 16.7. The van der Waals surface area contributed by atoms with Crippen LogP contribution in [0.25, 0.3) is 22.2 Å². The van der Waals surface area contributed by atoms with Gasteiger partial charge in [0.25, 0.3) is 5.56 Å². The Morgan fingerprint density at radius 1 is 1.16 bits per heavy atom. The number of halogens is 2. The zero-order chi connectivity index (χ0) is 23.0. The number of fused-ring (bicyclic) bond motifs is 1. The fraction of sp³-hybridized carbons (Fsp3) is 0.0476. The smallest absolute Gasteiger partial charge is 0.293 e. The highest BCUT2D eigenvalue weighted by Gasteiger charge is 2.18. The van der Waals surface area contributed by atoms with Crippen LogP contribution in [0.4, 0.5) is 11.6 Å². The summed E-state index contributed by atoms with van der Waals surface area (Å²) in [5.41, 5.74) is 0.945. The number of rotatable bonds is 5. The van der Waals surface area contributed by atoms with Gasteiger partial charge in [0.05, 0.1) is 25.3 Å². The van der Waals surface area contributed by atoms with E-state index in [9.17, 15) is 9.00 Å². The van der Waals surface area contributed by atoms with Crippen molar-refractivity contribution in [2.75, 3.05) is 12.4 Å². The molecule has 0 aliphatic heterocycles. The normalized spacial score (nSPS) is 13.0. The van der Waals surface area contributed by atoms with Gasteiger partial charge in [-0.3, -0.25) is 9.93 Å². The van der Waals surface area contributed by atoms with Crippen molar-refractivity contribution < 1.29 is 9.05 Å². The minimum atomic E-state index is -2.87. The minimum Gasteiger partial charge on any atom is -0.412 e. The van der Waals surface area contributed by atoms with Crippen LogP contribution >= 0.6 is 23.2 Å². The lowest BCUT2D eigenvalue weighted by Crippen LogP contribution is -2.27. The first-order chi connectivity index (χ1) is 15.2. The van der Waals surface area contributed by atoms with Crippen LogP contribution in [0, 0.1) is 0 Å². The zero-order valence-corrected chi connectivity index (χ0v) is 19.0. The van der Waals surface area contributed by atoms with E-state index < -0.39 is 15.3 Å². The van der Waals surface area contributed by atoms with Gasteiger partial charge in [-0.1, -0.05) is 35.3 Å². The van der Waals surface area contributed by atoms with Crippen LogP contribution in [-0.4, -0.2) is 31.9 Å². The van der Waals surface area contributed by atoms with E-state index in [1.807, 2.05) is 0 Å². The molecule has 0 aliphatic rings. The fourth-order valence-corrected chi connectivity index (χ4v) is 4.39. The molecule has 0 bridgehead atoms. The van der Waals surface area contributed by atoms with Gasteiger partial charge in [-0.2, -0.15) is 4.98 Å². The number of hydrogen-bond acceptors (Lipinski definition) is 6. The summed E-state index contributed by atoms with van der Waals surface area (Å²) in [5, 5.41) is 9.80. The van der Waals surface area contributed by atoms with Crippen LogP contribution in [0.2, 0.25) is 10.0 Å². The van der Waals surface area contributed by atoms with Crippen molar-refractivity contribution in [2.24, 2.45) is 5.14 Å². The summed E-state index contributed by atoms with van der Waals surface area (Å²) in [5.74, 6) is 3.67. The van der Waals surface area contributed by atoms with Gasteiger partial charge in [0.2, 0.25) is 5.95 Å². The molecule has 2 aromatic carbocycles. The van der Waals surface area contributed by atoms with E-state index in [4.69, 9.17) is 33.2 Å². The van der Waals surface area contributed by atoms with Crippen molar-refractivity contribution in [3.8, 4) is 11.1 Å². The SMILES string of the molecule is C=S(N)(=O)c1cccc(Nc2ncc3cc(-c4c(Cl)cccc4Cl)c(=O)n(OC)c3n2)c1. The van der Waals surface area contributed by atoms with Gasteiger partial charge in [0.15, 0.2) is 5.65 Å². The first-order valence-corrected chi connectivity index (χ1v) is 11.7. The van der Waals surface area contributed by atoms with Crippen molar-refractivity contribution in [3.05, 3.63) is 75.1 Å². The average molecular weight is 490 g/mol. The van der Waals surface area contributed by atoms with E-state index in [0.29, 0.717) is 31.6 Å². The monoisotopic (exact) mass is 489 g/mol. The van der Waals surface area contributed by atoms with Gasteiger partial charge in [0.1, 0.15) is 7.11 Å². The molecule has 4 aromatic rings. The van der Waals surface area contributed by atoms with Gasteiger partial charge in [-0.15, -0.1) is 4.73 Å². The Morgan fingerprint density at radius 3 is 2.50 bits per heavy atom. The summed E-state index contributed by atoms with van der Waals surface area (Å²) in [6, 6.07) is 13.2. The first-order valence-electron chi connectivity index (χ1n) is 9.13. The third-order valence-corrected chi connectivity index (χ3v) is 6.29. The van der Waals surface area contributed by atoms with Gasteiger partial charge >= 0.3 is 0 Å². The molecule has 0 amide bonds. The predicted octanol–water partition coefficient (Wildman–Crippen LogP) is 3.52. The van der Waals surface area contributed by atoms with Gasteiger partial charge in [-0.05, 0) is 42.3 Å². The summed E-state index contributed by atoms with van der Waals surface area (Å²) in [7, 11) is -1.52. The Labute approximate surface area is 193 Å². The van der Waals surface area contributed by atoms with E-state index in [1.54, 1.807) is 48.5 Å². The lowest BCUT2D eigenvalue weighted by molar-refractivity contribution is 0.168. The number of nitrogens with one attached hydrogen (secondary N) is 1. The first kappa shape index (κ1) is 22.1. The topological polar surface area (TPSA) is 112 Å². The predicted molar refractivity (Wildman–Crippen MR) is 129 cm³/mol. The van der Waals surface area contributed by atoms with Crippen molar-refractivity contribution in [3.63, 3.8) is 0 Å². The molecule has 32 heavy (non-hydrogen) atoms. The number of hydrogen-bond donors (Lipinski definition) is 2. The number of nitrogens with two attached hydrogens (primary N) is 1. The van der Waals surface area contributed by atoms with E-state index in [-0.39, 0.29) is 17.2 Å². The number of anilines is 2. The van der Waals surface area contributed by atoms with Crippen molar-refractivity contribution in [2.45, 2.75) is 4.90 Å². The van der Waals surface area contributed by atoms with Gasteiger partial charge in [-0.25, -0.2) is 9.19 Å². The van der Waals surface area contributed by atoms with E-state index in [1.165, 1.54) is 13.3 Å². The molecule has 2 heterocycles. The highest BCUT2D eigenvalue weighted by Crippen LogP contribution is 2.33. The van der Waals surface area contributed by atoms with E-state index >= 15 is 0 Å². The Hall–Kier alpha value is -3.11. The maximum Gasteiger partial charge on any atom is 0.293 e. The summed E-state index contributed by atoms with van der Waals surface area (Å²) in [6.07, 6.45) is 1.53. The minimum absolute atomic E-state index is 0.191. The van der Waals surface area contributed by atoms with Gasteiger partial charge in [0, 0.05) is 27.7 Å². The molecule has 0 spiro atoms. The molecule has 1 unspecified atom stereocenters. The molecule has 2 aromatic heterocycles. The van der Waals surface area contributed by atoms with Crippen LogP contribution < -0.4 is 20.9 Å². The summed E-state index contributed by atoms with van der Waals surface area (Å²) < 4.78 is 13.1. The molecule has 4 rings (SSSR count). The number of pyridine rings is 1. The van der Waals surface area contributed by atoms with Crippen molar-refractivity contribution in [1.29, 1.82) is 0 Å². The van der Waals surface area contributed by atoms with E-state index in [0.717, 1.165) is 4.73 Å². The van der Waals surface area contributed by atoms with Crippen LogP contribution in [0.1, 0.15) is 0 Å². The maximum absolute atomic E-state index is 13.1. The molecule has 0 radical (unpaired) electrons. The third kappa shape index (κ3) is 4.15. The molecule has 3 N–H and O–H groups in total. The van der Waals surface area contributed by atoms with Crippen LogP contribution in [0.5, 0.6) is 0 Å². The molecule has 0 aliphatic carbocycles. The maximum atomic E-state index is 13.1. The van der Waals surface area contributed by atoms with Crippen LogP contribution in [-0.2, 0) is 9.71 Å². The summed E-state index contributed by atoms with van der Waals surface area (Å²) in [6.45, 7) is 0. The molecule has 0 saturated carbocycles. The van der Waals surface area contributed by atoms with Crippen LogP contribution in [0.15, 0.2) is 64.4 Å². The Kier molecular flexibility index (Phi) is 5.83. The standard InChI is InChI=1S/C21H17Cl2N5O3S/c1-31-28-19-12(9-15(20(28)29)18-16(22)7-4-8-17(18)23)11-25-21(27-19)26-13-5-3-6-14(10-13)32(2,24)30/h3-11H,2H2,1H3,(H2,24,30)(H,25,26,27). The molecular formula is C21H17Cl2N5O3S.